The average Bonchev–Trinajstić information content (AvgIpc) is 4.08. The number of primary amides is 1. The summed E-state index contributed by atoms with van der Waals surface area (Å²) in [6.07, 6.45) is 23.5. The molecule has 354 valence electrons. The lowest BCUT2D eigenvalue weighted by Crippen LogP contribution is -2.42. The lowest BCUT2D eigenvalue weighted by Gasteiger charge is -2.34. The predicted octanol–water partition coefficient (Wildman–Crippen LogP) is 8.76. The molecule has 2 bridgehead atoms. The number of hydrogen-bond donors (Lipinski definition) is 5. The normalized spacial score (nSPS) is 21.2. The predicted molar refractivity (Wildman–Crippen MR) is 261 cm³/mol. The number of fused-ring (bicyclic) bond motifs is 6. The molecular formula is C51H68N8O7. The molecule has 15 heteroatoms. The van der Waals surface area contributed by atoms with Gasteiger partial charge in [0.2, 0.25) is 11.8 Å². The van der Waals surface area contributed by atoms with Gasteiger partial charge in [0.05, 0.1) is 49.2 Å². The maximum atomic E-state index is 13.3. The van der Waals surface area contributed by atoms with Crippen molar-refractivity contribution in [2.45, 2.75) is 104 Å². The van der Waals surface area contributed by atoms with E-state index in [1.807, 2.05) is 11.1 Å². The molecule has 4 aliphatic rings. The van der Waals surface area contributed by atoms with Gasteiger partial charge >= 0.3 is 12.2 Å². The van der Waals surface area contributed by atoms with Gasteiger partial charge < -0.3 is 45.4 Å². The van der Waals surface area contributed by atoms with Crippen LogP contribution >= 0.6 is 0 Å². The Labute approximate surface area is 389 Å². The minimum atomic E-state index is -0.745. The Morgan fingerprint density at radius 1 is 0.848 bits per heavy atom. The van der Waals surface area contributed by atoms with Gasteiger partial charge in [0.15, 0.2) is 0 Å². The number of piperidine rings is 2. The van der Waals surface area contributed by atoms with E-state index in [1.54, 1.807) is 0 Å². The molecule has 7 atom stereocenters. The molecular weight excluding hydrogens is 837 g/mol. The summed E-state index contributed by atoms with van der Waals surface area (Å²) in [5.41, 5.74) is 10.5. The van der Waals surface area contributed by atoms with Crippen LogP contribution in [0, 0.1) is 43.4 Å². The molecule has 0 radical (unpaired) electrons. The fraction of sp³-hybridized carbons (Fsp3) is 0.451. The lowest BCUT2D eigenvalue weighted by molar-refractivity contribution is -0.136. The first kappa shape index (κ1) is 53.5. The number of aromatic nitrogens is 4. The zero-order valence-corrected chi connectivity index (χ0v) is 38.5. The lowest BCUT2D eigenvalue weighted by atomic mass is 9.97. The first-order valence-corrected chi connectivity index (χ1v) is 22.0. The molecule has 2 aliphatic carbocycles. The Morgan fingerprint density at radius 2 is 1.48 bits per heavy atom. The van der Waals surface area contributed by atoms with Crippen molar-refractivity contribution in [1.29, 1.82) is 0 Å². The largest absolute Gasteiger partial charge is 0.453 e. The van der Waals surface area contributed by atoms with Crippen molar-refractivity contribution in [2.24, 2.45) is 23.5 Å². The molecule has 4 unspecified atom stereocenters. The van der Waals surface area contributed by atoms with Crippen LogP contribution in [0.15, 0.2) is 60.8 Å². The number of benzene rings is 3. The number of carbonyl (C=O) groups is 4. The minimum Gasteiger partial charge on any atom is -0.453 e. The number of nitrogens with zero attached hydrogens (tertiary/aromatic N) is 4. The number of imidazole rings is 2. The number of terminal acetylenes is 2. The van der Waals surface area contributed by atoms with Crippen molar-refractivity contribution in [2.75, 3.05) is 27.9 Å². The number of aliphatic hydroxyl groups excluding tert-OH is 1. The molecule has 4 heterocycles. The quantitative estimate of drug-likeness (QED) is 0.0942. The standard InChI is InChI=1S/C40H43N7O4.C3H8.C2H5NO2.2C2H2.CH4O.CH4/c1-4-5-33(48)46-27-13-10-26(17-27)37(46)39-41-19-31(44-39)23-8-6-22(7-9-23)24-11-14-28-25(16-24)12-15-30-35(28)45-38(43-30)32-18-29-21(2)36(29)47(32)34(49)20-42-40(50)51-3;1-3-2;1-5-2(3)4;3*1-2;/h6-9,11-12,14-16,19,21,26-27,29,32,36-37H,4-5,10,13,17-18,20H2,1-3H3,(H,41,44)(H,42,50)(H,43,45);3H2,1-2H3;1H3,(H2,3,4);2*1-2H;2H,1H3;1H4/t21?,26-,27+,29?,32?,36?,37-;;;;;;/m0....../s1. The van der Waals surface area contributed by atoms with Crippen LogP contribution in [0.3, 0.4) is 0 Å². The Balaban J connectivity index is 0.000000693. The van der Waals surface area contributed by atoms with E-state index < -0.39 is 12.2 Å². The molecule has 0 spiro atoms. The van der Waals surface area contributed by atoms with E-state index in [0.717, 1.165) is 95.1 Å². The summed E-state index contributed by atoms with van der Waals surface area (Å²) in [7, 11) is 3.51. The van der Waals surface area contributed by atoms with Crippen LogP contribution < -0.4 is 11.1 Å². The number of aliphatic hydroxyl groups is 1. The van der Waals surface area contributed by atoms with Gasteiger partial charge in [-0.2, -0.15) is 0 Å². The summed E-state index contributed by atoms with van der Waals surface area (Å²) in [6, 6.07) is 19.6. The molecule has 66 heavy (non-hydrogen) atoms. The van der Waals surface area contributed by atoms with Crippen molar-refractivity contribution < 1.29 is 33.8 Å². The number of alkyl carbamates (subject to hydrolysis) is 1. The minimum absolute atomic E-state index is 0. The van der Waals surface area contributed by atoms with Crippen LogP contribution in [-0.4, -0.2) is 98.8 Å². The number of nitrogens with one attached hydrogen (secondary N) is 3. The number of nitrogens with two attached hydrogens (primary N) is 1. The van der Waals surface area contributed by atoms with Crippen LogP contribution in [-0.2, 0) is 19.1 Å². The Morgan fingerprint density at radius 3 is 2.11 bits per heavy atom. The zero-order valence-electron chi connectivity index (χ0n) is 38.5. The van der Waals surface area contributed by atoms with E-state index >= 15 is 0 Å². The number of H-pyrrole nitrogens is 2. The van der Waals surface area contributed by atoms with E-state index in [4.69, 9.17) is 15.1 Å². The van der Waals surface area contributed by atoms with E-state index in [0.29, 0.717) is 30.2 Å². The first-order valence-electron chi connectivity index (χ1n) is 22.0. The molecule has 4 fully saturated rings. The third-order valence-corrected chi connectivity index (χ3v) is 12.3. The van der Waals surface area contributed by atoms with Crippen molar-refractivity contribution in [1.82, 2.24) is 35.1 Å². The van der Waals surface area contributed by atoms with E-state index in [1.165, 1.54) is 20.6 Å². The van der Waals surface area contributed by atoms with E-state index in [2.05, 4.69) is 143 Å². The molecule has 9 rings (SSSR count). The second kappa shape index (κ2) is 25.0. The third kappa shape index (κ3) is 11.5. The molecule has 2 aromatic heterocycles. The Bertz CT molecular complexity index is 2420. The average molecular weight is 905 g/mol. The van der Waals surface area contributed by atoms with Gasteiger partial charge in [-0.1, -0.05) is 84.0 Å². The summed E-state index contributed by atoms with van der Waals surface area (Å²) in [5.74, 6) is 3.19. The monoisotopic (exact) mass is 905 g/mol. The van der Waals surface area contributed by atoms with Crippen molar-refractivity contribution >= 4 is 45.8 Å². The maximum Gasteiger partial charge on any atom is 0.407 e. The maximum absolute atomic E-state index is 13.3. The van der Waals surface area contributed by atoms with Gasteiger partial charge in [-0.05, 0) is 84.1 Å². The topological polar surface area (TPSA) is 209 Å². The van der Waals surface area contributed by atoms with Crippen LogP contribution in [0.25, 0.3) is 44.2 Å². The van der Waals surface area contributed by atoms with Gasteiger partial charge in [0.1, 0.15) is 18.2 Å². The van der Waals surface area contributed by atoms with Crippen LogP contribution in [0.1, 0.15) is 104 Å². The van der Waals surface area contributed by atoms with Crippen molar-refractivity contribution in [3.8, 4) is 48.1 Å². The number of rotatable bonds is 8. The second-order valence-corrected chi connectivity index (χ2v) is 16.1. The highest BCUT2D eigenvalue weighted by Crippen LogP contribution is 2.57. The highest BCUT2D eigenvalue weighted by Gasteiger charge is 2.60. The van der Waals surface area contributed by atoms with Crippen molar-refractivity contribution in [3.05, 3.63) is 72.4 Å². The van der Waals surface area contributed by atoms with Crippen molar-refractivity contribution in [3.63, 3.8) is 0 Å². The summed E-state index contributed by atoms with van der Waals surface area (Å²) in [5, 5.41) is 11.7. The zero-order chi connectivity index (χ0) is 48.0. The number of ether oxygens (including phenoxy) is 2. The Kier molecular flexibility index (Phi) is 20.3. The number of amides is 4. The van der Waals surface area contributed by atoms with Gasteiger partial charge in [-0.3, -0.25) is 9.59 Å². The molecule has 15 nitrogen and oxygen atoms in total. The number of methoxy groups -OCH3 is 2. The van der Waals surface area contributed by atoms with Gasteiger partial charge in [0.25, 0.3) is 0 Å². The molecule has 2 aliphatic heterocycles. The number of aromatic amines is 2. The summed E-state index contributed by atoms with van der Waals surface area (Å²) in [4.78, 5) is 68.3. The van der Waals surface area contributed by atoms with Gasteiger partial charge in [0, 0.05) is 31.0 Å². The Hall–Kier alpha value is -6.84. The highest BCUT2D eigenvalue weighted by atomic mass is 16.5. The fourth-order valence-electron chi connectivity index (χ4n) is 9.49. The SMILES string of the molecule is C.C#C.C#C.CCC.CCCC(=O)N1[C@@H]2CC[C@@H](C2)[C@H]1c1ncc(-c2ccc(-c3ccc4c(ccc5[nH]c(C6CC7C(C)C7N6C(=O)CNC(=O)OC)nc54)c3)cc2)[nH]1.CO.COC(N)=O. The fourth-order valence-corrected chi connectivity index (χ4v) is 9.49. The highest BCUT2D eigenvalue weighted by molar-refractivity contribution is 6.05. The van der Waals surface area contributed by atoms with Crippen LogP contribution in [0.5, 0.6) is 0 Å². The number of hydrogen-bond acceptors (Lipinski definition) is 9. The van der Waals surface area contributed by atoms with Gasteiger partial charge in [-0.25, -0.2) is 19.6 Å². The van der Waals surface area contributed by atoms with E-state index in [-0.39, 0.29) is 43.9 Å². The third-order valence-electron chi connectivity index (χ3n) is 12.3. The molecule has 3 aromatic carbocycles. The summed E-state index contributed by atoms with van der Waals surface area (Å²) >= 11 is 0. The smallest absolute Gasteiger partial charge is 0.407 e. The first-order chi connectivity index (χ1) is 31.5. The molecule has 4 amide bonds. The van der Waals surface area contributed by atoms with Crippen LogP contribution in [0.4, 0.5) is 9.59 Å². The molecule has 2 saturated carbocycles. The molecule has 5 aromatic rings. The summed E-state index contributed by atoms with van der Waals surface area (Å²) in [6.45, 7) is 8.39. The molecule has 2 saturated heterocycles. The number of carbonyl (C=O) groups excluding carboxylic acids is 4. The number of likely N-dealkylation sites (tertiary alicyclic amines) is 2. The van der Waals surface area contributed by atoms with Crippen LogP contribution in [0.2, 0.25) is 0 Å². The molecule has 6 N–H and O–H groups in total. The summed E-state index contributed by atoms with van der Waals surface area (Å²) < 4.78 is 8.55. The van der Waals surface area contributed by atoms with E-state index in [9.17, 15) is 19.2 Å². The second-order valence-electron chi connectivity index (χ2n) is 16.1. The van der Waals surface area contributed by atoms with Gasteiger partial charge in [-0.15, -0.1) is 25.7 Å².